The van der Waals surface area contributed by atoms with Gasteiger partial charge in [0.25, 0.3) is 11.8 Å². The van der Waals surface area contributed by atoms with Crippen LogP contribution in [0.15, 0.2) is 17.7 Å². The lowest BCUT2D eigenvalue weighted by molar-refractivity contribution is -0.125. The Bertz CT molecular complexity index is 730. The third-order valence-electron chi connectivity index (χ3n) is 5.06. The van der Waals surface area contributed by atoms with Crippen LogP contribution in [0.1, 0.15) is 70.0 Å². The van der Waals surface area contributed by atoms with Gasteiger partial charge in [-0.1, -0.05) is 19.4 Å². The maximum atomic E-state index is 12.9. The molecule has 0 aromatic carbocycles. The first kappa shape index (κ1) is 14.6. The van der Waals surface area contributed by atoms with Gasteiger partial charge >= 0.3 is 0 Å². The Morgan fingerprint density at radius 1 is 1.13 bits per heavy atom. The van der Waals surface area contributed by atoms with Gasteiger partial charge in [-0.15, -0.1) is 11.3 Å². The fourth-order valence-electron chi connectivity index (χ4n) is 3.87. The van der Waals surface area contributed by atoms with Crippen LogP contribution in [0.25, 0.3) is 0 Å². The predicted octanol–water partition coefficient (Wildman–Crippen LogP) is 2.79. The van der Waals surface area contributed by atoms with Crippen molar-refractivity contribution in [2.75, 3.05) is 0 Å². The second-order valence-electron chi connectivity index (χ2n) is 6.50. The van der Waals surface area contributed by atoms with E-state index in [-0.39, 0.29) is 17.7 Å². The van der Waals surface area contributed by atoms with Gasteiger partial charge in [-0.05, 0) is 31.6 Å². The number of piperidine rings is 1. The second kappa shape index (κ2) is 5.30. The molecular formula is C17H18N2O3S. The summed E-state index contributed by atoms with van der Waals surface area (Å²) in [4.78, 5) is 39.9. The van der Waals surface area contributed by atoms with Gasteiger partial charge in [-0.2, -0.15) is 0 Å². The zero-order valence-electron chi connectivity index (χ0n) is 12.8. The number of imide groups is 1. The average Bonchev–Trinajstić information content (AvgIpc) is 3.20. The molecule has 1 aromatic heterocycles. The lowest BCUT2D eigenvalue weighted by Crippen LogP contribution is -2.51. The molecule has 3 heterocycles. The number of allylic oxidation sites excluding steroid dienone is 1. The number of nitrogens with one attached hydrogen (secondary N) is 1. The Morgan fingerprint density at radius 2 is 1.87 bits per heavy atom. The molecule has 1 unspecified atom stereocenters. The van der Waals surface area contributed by atoms with Crippen molar-refractivity contribution in [3.63, 3.8) is 0 Å². The first-order valence-corrected chi connectivity index (χ1v) is 8.94. The van der Waals surface area contributed by atoms with Crippen molar-refractivity contribution in [1.82, 2.24) is 10.2 Å². The molecule has 1 saturated heterocycles. The summed E-state index contributed by atoms with van der Waals surface area (Å²) < 4.78 is 0. The number of amides is 3. The van der Waals surface area contributed by atoms with Crippen molar-refractivity contribution in [2.45, 2.75) is 50.5 Å². The summed E-state index contributed by atoms with van der Waals surface area (Å²) >= 11 is 1.52. The van der Waals surface area contributed by atoms with Crippen LogP contribution in [-0.2, 0) is 4.79 Å². The average molecular weight is 330 g/mol. The van der Waals surface area contributed by atoms with E-state index < -0.39 is 6.04 Å². The van der Waals surface area contributed by atoms with Gasteiger partial charge in [0.2, 0.25) is 5.91 Å². The van der Waals surface area contributed by atoms with E-state index in [0.717, 1.165) is 22.6 Å². The SMILES string of the molecule is C=C1CCC(N2C(=O)c3csc(C4CCCC4)c3C2=O)C(=O)N1. The van der Waals surface area contributed by atoms with Gasteiger partial charge < -0.3 is 5.32 Å². The van der Waals surface area contributed by atoms with Crippen molar-refractivity contribution < 1.29 is 14.4 Å². The van der Waals surface area contributed by atoms with E-state index >= 15 is 0 Å². The zero-order valence-corrected chi connectivity index (χ0v) is 13.6. The molecule has 4 rings (SSSR count). The van der Waals surface area contributed by atoms with E-state index in [2.05, 4.69) is 11.9 Å². The van der Waals surface area contributed by atoms with E-state index in [1.54, 1.807) is 5.38 Å². The molecule has 0 bridgehead atoms. The summed E-state index contributed by atoms with van der Waals surface area (Å²) in [6.45, 7) is 3.74. The highest BCUT2D eigenvalue weighted by Gasteiger charge is 2.46. The van der Waals surface area contributed by atoms with Crippen LogP contribution in [0.2, 0.25) is 0 Å². The fourth-order valence-corrected chi connectivity index (χ4v) is 5.08. The highest BCUT2D eigenvalue weighted by Crippen LogP contribution is 2.43. The predicted molar refractivity (Wildman–Crippen MR) is 86.3 cm³/mol. The van der Waals surface area contributed by atoms with Gasteiger partial charge in [0.05, 0.1) is 11.1 Å². The summed E-state index contributed by atoms with van der Waals surface area (Å²) in [6.07, 6.45) is 5.56. The topological polar surface area (TPSA) is 66.5 Å². The van der Waals surface area contributed by atoms with Crippen LogP contribution < -0.4 is 5.32 Å². The number of hydrogen-bond donors (Lipinski definition) is 1. The zero-order chi connectivity index (χ0) is 16.1. The first-order valence-electron chi connectivity index (χ1n) is 8.06. The molecule has 1 aliphatic carbocycles. The van der Waals surface area contributed by atoms with E-state index in [4.69, 9.17) is 0 Å². The van der Waals surface area contributed by atoms with Gasteiger partial charge in [0.15, 0.2) is 0 Å². The standard InChI is InChI=1S/C17H18N2O3S/c1-9-6-7-12(15(20)18-9)19-16(21)11-8-23-14(13(11)17(19)22)10-4-2-3-5-10/h8,10,12H,1-7H2,(H,18,20). The molecule has 0 spiro atoms. The Morgan fingerprint density at radius 3 is 2.57 bits per heavy atom. The number of rotatable bonds is 2. The highest BCUT2D eigenvalue weighted by atomic mass is 32.1. The molecule has 2 fully saturated rings. The summed E-state index contributed by atoms with van der Waals surface area (Å²) in [5, 5.41) is 4.45. The third kappa shape index (κ3) is 2.16. The van der Waals surface area contributed by atoms with Crippen molar-refractivity contribution >= 4 is 29.1 Å². The maximum absolute atomic E-state index is 12.9. The monoisotopic (exact) mass is 330 g/mol. The molecule has 3 amide bonds. The number of fused-ring (bicyclic) bond motifs is 1. The van der Waals surface area contributed by atoms with E-state index in [9.17, 15) is 14.4 Å². The number of hydrogen-bond acceptors (Lipinski definition) is 4. The molecule has 1 saturated carbocycles. The molecule has 1 aromatic rings. The van der Waals surface area contributed by atoms with E-state index in [1.165, 1.54) is 24.2 Å². The Balaban J connectivity index is 1.67. The van der Waals surface area contributed by atoms with Crippen molar-refractivity contribution in [1.29, 1.82) is 0 Å². The molecule has 6 heteroatoms. The van der Waals surface area contributed by atoms with Gasteiger partial charge in [-0.25, -0.2) is 0 Å². The van der Waals surface area contributed by atoms with E-state index in [0.29, 0.717) is 35.6 Å². The minimum Gasteiger partial charge on any atom is -0.329 e. The van der Waals surface area contributed by atoms with Crippen molar-refractivity contribution in [2.24, 2.45) is 0 Å². The summed E-state index contributed by atoms with van der Waals surface area (Å²) in [6, 6.07) is -0.714. The molecule has 1 N–H and O–H groups in total. The lowest BCUT2D eigenvalue weighted by Gasteiger charge is -2.29. The lowest BCUT2D eigenvalue weighted by atomic mass is 10.0. The van der Waals surface area contributed by atoms with Gasteiger partial charge in [0, 0.05) is 16.0 Å². The van der Waals surface area contributed by atoms with Crippen molar-refractivity contribution in [3.05, 3.63) is 33.7 Å². The molecule has 5 nitrogen and oxygen atoms in total. The van der Waals surface area contributed by atoms with Crippen LogP contribution in [0.5, 0.6) is 0 Å². The fraction of sp³-hybridized carbons (Fsp3) is 0.471. The normalized spacial score (nSPS) is 25.2. The summed E-state index contributed by atoms with van der Waals surface area (Å²) in [7, 11) is 0. The Hall–Kier alpha value is -1.95. The molecule has 0 radical (unpaired) electrons. The Kier molecular flexibility index (Phi) is 3.37. The van der Waals surface area contributed by atoms with E-state index in [1.807, 2.05) is 0 Å². The second-order valence-corrected chi connectivity index (χ2v) is 7.41. The van der Waals surface area contributed by atoms with Crippen LogP contribution >= 0.6 is 11.3 Å². The van der Waals surface area contributed by atoms with Crippen LogP contribution in [-0.4, -0.2) is 28.7 Å². The molecule has 23 heavy (non-hydrogen) atoms. The molecule has 2 aliphatic heterocycles. The van der Waals surface area contributed by atoms with Gasteiger partial charge in [0.1, 0.15) is 6.04 Å². The maximum Gasteiger partial charge on any atom is 0.263 e. The van der Waals surface area contributed by atoms with Gasteiger partial charge in [-0.3, -0.25) is 19.3 Å². The quantitative estimate of drug-likeness (QED) is 0.848. The number of carbonyl (C=O) groups is 3. The number of thiophene rings is 1. The number of carbonyl (C=O) groups excluding carboxylic acids is 3. The third-order valence-corrected chi connectivity index (χ3v) is 6.21. The highest BCUT2D eigenvalue weighted by molar-refractivity contribution is 7.11. The summed E-state index contributed by atoms with van der Waals surface area (Å²) in [5.41, 5.74) is 1.69. The molecule has 3 aliphatic rings. The van der Waals surface area contributed by atoms with Crippen LogP contribution in [0.4, 0.5) is 0 Å². The van der Waals surface area contributed by atoms with Crippen LogP contribution in [0.3, 0.4) is 0 Å². The minimum absolute atomic E-state index is 0.291. The summed E-state index contributed by atoms with van der Waals surface area (Å²) in [5.74, 6) is -0.529. The Labute approximate surface area is 138 Å². The molecular weight excluding hydrogens is 312 g/mol. The van der Waals surface area contributed by atoms with Crippen molar-refractivity contribution in [3.8, 4) is 0 Å². The number of nitrogens with zero attached hydrogens (tertiary/aromatic N) is 1. The molecule has 1 atom stereocenters. The smallest absolute Gasteiger partial charge is 0.263 e. The van der Waals surface area contributed by atoms with Crippen LogP contribution in [0, 0.1) is 0 Å². The largest absolute Gasteiger partial charge is 0.329 e. The molecule has 120 valence electrons. The first-order chi connectivity index (χ1) is 11.1. The minimum atomic E-state index is -0.714.